The maximum Gasteiger partial charge on any atom is 0.239 e. The molecule has 0 spiro atoms. The van der Waals surface area contributed by atoms with Crippen LogP contribution in [0.15, 0.2) is 30.3 Å². The van der Waals surface area contributed by atoms with Gasteiger partial charge in [0.15, 0.2) is 0 Å². The van der Waals surface area contributed by atoms with E-state index in [1.807, 2.05) is 30.3 Å². The van der Waals surface area contributed by atoms with Crippen molar-refractivity contribution in [3.8, 4) is 0 Å². The molecule has 0 fully saturated rings. The van der Waals surface area contributed by atoms with E-state index in [9.17, 15) is 4.79 Å². The molecule has 0 radical (unpaired) electrons. The Morgan fingerprint density at radius 3 is 2.47 bits per heavy atom. The van der Waals surface area contributed by atoms with E-state index in [1.54, 1.807) is 0 Å². The first-order chi connectivity index (χ1) is 8.03. The van der Waals surface area contributed by atoms with Crippen molar-refractivity contribution in [1.82, 2.24) is 5.32 Å². The number of hydrogen-bond donors (Lipinski definition) is 2. The molecule has 2 N–H and O–H groups in total. The maximum absolute atomic E-state index is 11.6. The zero-order valence-electron chi connectivity index (χ0n) is 10.9. The highest BCUT2D eigenvalue weighted by molar-refractivity contribution is 5.80. The molecule has 0 aliphatic heterocycles. The van der Waals surface area contributed by atoms with Crippen molar-refractivity contribution in [2.24, 2.45) is 5.41 Å². The first-order valence-corrected chi connectivity index (χ1v) is 6.09. The summed E-state index contributed by atoms with van der Waals surface area (Å²) >= 11 is 0. The van der Waals surface area contributed by atoms with Crippen LogP contribution >= 0.6 is 0 Å². The molecule has 1 rings (SSSR count). The molecule has 0 aromatic heterocycles. The van der Waals surface area contributed by atoms with Crippen LogP contribution in [-0.4, -0.2) is 19.0 Å². The molecule has 0 bridgehead atoms. The average Bonchev–Trinajstić information content (AvgIpc) is 2.35. The lowest BCUT2D eigenvalue weighted by Gasteiger charge is -2.22. The third kappa shape index (κ3) is 5.38. The van der Waals surface area contributed by atoms with Gasteiger partial charge in [-0.1, -0.05) is 39.0 Å². The maximum atomic E-state index is 11.6. The lowest BCUT2D eigenvalue weighted by atomic mass is 9.90. The van der Waals surface area contributed by atoms with Crippen LogP contribution < -0.4 is 10.6 Å². The normalized spacial score (nSPS) is 11.0. The van der Waals surface area contributed by atoms with Crippen molar-refractivity contribution in [3.05, 3.63) is 30.3 Å². The molecule has 94 valence electrons. The standard InChI is InChI=1S/C14H22N2O/c1-4-14(2,3)11-16-13(17)10-15-12-8-6-5-7-9-12/h5-9,15H,4,10-11H2,1-3H3,(H,16,17). The largest absolute Gasteiger partial charge is 0.376 e. The van der Waals surface area contributed by atoms with Gasteiger partial charge < -0.3 is 10.6 Å². The van der Waals surface area contributed by atoms with Crippen molar-refractivity contribution in [2.45, 2.75) is 27.2 Å². The summed E-state index contributed by atoms with van der Waals surface area (Å²) in [4.78, 5) is 11.6. The molecule has 1 aromatic carbocycles. The number of rotatable bonds is 6. The molecule has 0 saturated carbocycles. The number of nitrogens with one attached hydrogen (secondary N) is 2. The number of carbonyl (C=O) groups excluding carboxylic acids is 1. The quantitative estimate of drug-likeness (QED) is 0.794. The van der Waals surface area contributed by atoms with E-state index in [1.165, 1.54) is 0 Å². The fourth-order valence-electron chi connectivity index (χ4n) is 1.26. The zero-order chi connectivity index (χ0) is 12.7. The second-order valence-corrected chi connectivity index (χ2v) is 5.01. The van der Waals surface area contributed by atoms with E-state index in [2.05, 4.69) is 31.4 Å². The van der Waals surface area contributed by atoms with Crippen LogP contribution in [0.4, 0.5) is 5.69 Å². The first-order valence-electron chi connectivity index (χ1n) is 6.09. The molecule has 1 aromatic rings. The van der Waals surface area contributed by atoms with E-state index < -0.39 is 0 Å². The van der Waals surface area contributed by atoms with Crippen molar-refractivity contribution in [2.75, 3.05) is 18.4 Å². The van der Waals surface area contributed by atoms with Crippen LogP contribution in [0.2, 0.25) is 0 Å². The predicted octanol–water partition coefficient (Wildman–Crippen LogP) is 2.65. The van der Waals surface area contributed by atoms with Crippen molar-refractivity contribution < 1.29 is 4.79 Å². The number of para-hydroxylation sites is 1. The lowest BCUT2D eigenvalue weighted by molar-refractivity contribution is -0.119. The topological polar surface area (TPSA) is 41.1 Å². The van der Waals surface area contributed by atoms with E-state index in [4.69, 9.17) is 0 Å². The predicted molar refractivity (Wildman–Crippen MR) is 72.0 cm³/mol. The number of amides is 1. The van der Waals surface area contributed by atoms with E-state index in [0.717, 1.165) is 18.7 Å². The molecule has 0 unspecified atom stereocenters. The van der Waals surface area contributed by atoms with Gasteiger partial charge in [-0.05, 0) is 24.0 Å². The lowest BCUT2D eigenvalue weighted by Crippen LogP contribution is -2.36. The molecule has 3 heteroatoms. The van der Waals surface area contributed by atoms with Crippen LogP contribution in [0, 0.1) is 5.41 Å². The molecule has 0 aliphatic carbocycles. The number of carbonyl (C=O) groups is 1. The minimum Gasteiger partial charge on any atom is -0.376 e. The SMILES string of the molecule is CCC(C)(C)CNC(=O)CNc1ccccc1. The smallest absolute Gasteiger partial charge is 0.239 e. The van der Waals surface area contributed by atoms with Gasteiger partial charge in [-0.3, -0.25) is 4.79 Å². The minimum absolute atomic E-state index is 0.0374. The third-order valence-corrected chi connectivity index (χ3v) is 2.95. The number of anilines is 1. The number of hydrogen-bond acceptors (Lipinski definition) is 2. The van der Waals surface area contributed by atoms with Gasteiger partial charge in [0, 0.05) is 12.2 Å². The summed E-state index contributed by atoms with van der Waals surface area (Å²) in [5.74, 6) is 0.0374. The summed E-state index contributed by atoms with van der Waals surface area (Å²) in [7, 11) is 0. The van der Waals surface area contributed by atoms with Crippen LogP contribution in [0.5, 0.6) is 0 Å². The van der Waals surface area contributed by atoms with Crippen LogP contribution in [0.3, 0.4) is 0 Å². The van der Waals surface area contributed by atoms with Gasteiger partial charge in [0.25, 0.3) is 0 Å². The highest BCUT2D eigenvalue weighted by Crippen LogP contribution is 2.17. The summed E-state index contributed by atoms with van der Waals surface area (Å²) in [5.41, 5.74) is 1.14. The summed E-state index contributed by atoms with van der Waals surface area (Å²) in [5, 5.41) is 6.03. The van der Waals surface area contributed by atoms with E-state index >= 15 is 0 Å². The molecule has 1 amide bonds. The zero-order valence-corrected chi connectivity index (χ0v) is 10.9. The summed E-state index contributed by atoms with van der Waals surface area (Å²) < 4.78 is 0. The Hall–Kier alpha value is -1.51. The van der Waals surface area contributed by atoms with Gasteiger partial charge in [-0.25, -0.2) is 0 Å². The molecular weight excluding hydrogens is 212 g/mol. The first kappa shape index (κ1) is 13.6. The monoisotopic (exact) mass is 234 g/mol. The molecule has 17 heavy (non-hydrogen) atoms. The van der Waals surface area contributed by atoms with E-state index in [0.29, 0.717) is 6.54 Å². The highest BCUT2D eigenvalue weighted by Gasteiger charge is 2.15. The molecule has 3 nitrogen and oxygen atoms in total. The Kier molecular flexibility index (Phi) is 5.01. The number of benzene rings is 1. The van der Waals surface area contributed by atoms with Crippen LogP contribution in [0.25, 0.3) is 0 Å². The minimum atomic E-state index is 0.0374. The summed E-state index contributed by atoms with van der Waals surface area (Å²) in [6, 6.07) is 9.74. The Morgan fingerprint density at radius 2 is 1.88 bits per heavy atom. The summed E-state index contributed by atoms with van der Waals surface area (Å²) in [6.45, 7) is 7.48. The van der Waals surface area contributed by atoms with Gasteiger partial charge >= 0.3 is 0 Å². The van der Waals surface area contributed by atoms with Gasteiger partial charge in [-0.2, -0.15) is 0 Å². The average molecular weight is 234 g/mol. The molecule has 0 atom stereocenters. The van der Waals surface area contributed by atoms with Gasteiger partial charge in [0.2, 0.25) is 5.91 Å². The molecular formula is C14H22N2O. The molecule has 0 saturated heterocycles. The van der Waals surface area contributed by atoms with Crippen molar-refractivity contribution in [3.63, 3.8) is 0 Å². The second-order valence-electron chi connectivity index (χ2n) is 5.01. The van der Waals surface area contributed by atoms with Crippen molar-refractivity contribution >= 4 is 11.6 Å². The Balaban J connectivity index is 2.27. The van der Waals surface area contributed by atoms with E-state index in [-0.39, 0.29) is 11.3 Å². The van der Waals surface area contributed by atoms with Gasteiger partial charge in [-0.15, -0.1) is 0 Å². The van der Waals surface area contributed by atoms with Crippen molar-refractivity contribution in [1.29, 1.82) is 0 Å². The fraction of sp³-hybridized carbons (Fsp3) is 0.500. The second kappa shape index (κ2) is 6.28. The fourth-order valence-corrected chi connectivity index (χ4v) is 1.26. The van der Waals surface area contributed by atoms with Crippen LogP contribution in [-0.2, 0) is 4.79 Å². The van der Waals surface area contributed by atoms with Gasteiger partial charge in [0.05, 0.1) is 6.54 Å². The highest BCUT2D eigenvalue weighted by atomic mass is 16.1. The molecule has 0 heterocycles. The Labute approximate surface area is 104 Å². The third-order valence-electron chi connectivity index (χ3n) is 2.95. The van der Waals surface area contributed by atoms with Gasteiger partial charge in [0.1, 0.15) is 0 Å². The molecule has 0 aliphatic rings. The van der Waals surface area contributed by atoms with Crippen LogP contribution in [0.1, 0.15) is 27.2 Å². The Morgan fingerprint density at radius 1 is 1.24 bits per heavy atom. The Bertz CT molecular complexity index is 346. The summed E-state index contributed by atoms with van der Waals surface area (Å²) in [6.07, 6.45) is 1.05.